The van der Waals surface area contributed by atoms with E-state index in [9.17, 15) is 14.9 Å². The summed E-state index contributed by atoms with van der Waals surface area (Å²) < 4.78 is 0. The molecule has 2 aromatic rings. The van der Waals surface area contributed by atoms with Crippen LogP contribution in [-0.4, -0.2) is 28.5 Å². The average Bonchev–Trinajstić information content (AvgIpc) is 2.62. The van der Waals surface area contributed by atoms with Crippen molar-refractivity contribution in [2.45, 2.75) is 24.3 Å². The van der Waals surface area contributed by atoms with Crippen molar-refractivity contribution in [1.82, 2.24) is 4.90 Å². The molecule has 0 heterocycles. The van der Waals surface area contributed by atoms with E-state index in [4.69, 9.17) is 11.6 Å². The third kappa shape index (κ3) is 5.47. The number of halogens is 1. The number of non-ortho nitro benzene ring substituents is 1. The second kappa shape index (κ2) is 8.87. The quantitative estimate of drug-likeness (QED) is 0.388. The van der Waals surface area contributed by atoms with Gasteiger partial charge >= 0.3 is 0 Å². The molecule has 0 saturated heterocycles. The summed E-state index contributed by atoms with van der Waals surface area (Å²) >= 11 is 7.44. The lowest BCUT2D eigenvalue weighted by Gasteiger charge is -2.25. The molecular formula is C18H19ClN2O3S. The molecule has 2 aromatic carbocycles. The van der Waals surface area contributed by atoms with Crippen molar-refractivity contribution in [2.24, 2.45) is 0 Å². The van der Waals surface area contributed by atoms with Crippen LogP contribution in [0.1, 0.15) is 24.9 Å². The number of nitro benzene ring substituents is 1. The maximum atomic E-state index is 12.4. The Morgan fingerprint density at radius 1 is 1.28 bits per heavy atom. The molecule has 0 radical (unpaired) electrons. The van der Waals surface area contributed by atoms with Gasteiger partial charge < -0.3 is 4.90 Å². The van der Waals surface area contributed by atoms with Crippen molar-refractivity contribution in [1.29, 1.82) is 0 Å². The number of thioether (sulfide) groups is 1. The minimum Gasteiger partial charge on any atom is -0.339 e. The van der Waals surface area contributed by atoms with Gasteiger partial charge in [0.1, 0.15) is 0 Å². The molecule has 0 spiro atoms. The number of hydrogen-bond acceptors (Lipinski definition) is 4. The predicted molar refractivity (Wildman–Crippen MR) is 101 cm³/mol. The van der Waals surface area contributed by atoms with Gasteiger partial charge in [-0.15, -0.1) is 11.8 Å². The van der Waals surface area contributed by atoms with Crippen LogP contribution in [0.2, 0.25) is 5.02 Å². The lowest BCUT2D eigenvalue weighted by atomic mass is 10.1. The fourth-order valence-corrected chi connectivity index (χ4v) is 3.27. The van der Waals surface area contributed by atoms with Gasteiger partial charge in [-0.2, -0.15) is 0 Å². The van der Waals surface area contributed by atoms with Crippen LogP contribution in [0.5, 0.6) is 0 Å². The summed E-state index contributed by atoms with van der Waals surface area (Å²) in [6, 6.07) is 13.7. The normalized spacial score (nSPS) is 11.8. The molecule has 5 nitrogen and oxygen atoms in total. The Morgan fingerprint density at radius 2 is 1.96 bits per heavy atom. The van der Waals surface area contributed by atoms with Crippen LogP contribution in [0.15, 0.2) is 53.4 Å². The first-order valence-electron chi connectivity index (χ1n) is 7.77. The summed E-state index contributed by atoms with van der Waals surface area (Å²) in [5.74, 6) is 0.660. The average molecular weight is 379 g/mol. The van der Waals surface area contributed by atoms with E-state index in [1.165, 1.54) is 12.1 Å². The topological polar surface area (TPSA) is 63.5 Å². The van der Waals surface area contributed by atoms with Gasteiger partial charge in [0.25, 0.3) is 5.69 Å². The van der Waals surface area contributed by atoms with Crippen LogP contribution in [-0.2, 0) is 4.79 Å². The van der Waals surface area contributed by atoms with Gasteiger partial charge in [-0.05, 0) is 36.8 Å². The highest BCUT2D eigenvalue weighted by atomic mass is 35.5. The van der Waals surface area contributed by atoms with Gasteiger partial charge in [0.05, 0.1) is 11.0 Å². The second-order valence-corrected chi connectivity index (χ2v) is 7.19. The van der Waals surface area contributed by atoms with Gasteiger partial charge in [-0.3, -0.25) is 14.9 Å². The Hall–Kier alpha value is -2.05. The first-order valence-corrected chi connectivity index (χ1v) is 9.13. The zero-order chi connectivity index (χ0) is 18.4. The number of hydrogen-bond donors (Lipinski definition) is 0. The Bertz CT molecular complexity index is 752. The molecule has 7 heteroatoms. The summed E-state index contributed by atoms with van der Waals surface area (Å²) in [5, 5.41) is 11.6. The highest BCUT2D eigenvalue weighted by Crippen LogP contribution is 2.25. The van der Waals surface area contributed by atoms with E-state index in [1.807, 2.05) is 31.2 Å². The summed E-state index contributed by atoms with van der Waals surface area (Å²) in [7, 11) is 1.72. The number of carbonyl (C=O) groups is 1. The Kier molecular flexibility index (Phi) is 6.84. The zero-order valence-corrected chi connectivity index (χ0v) is 15.6. The standard InChI is InChI=1S/C18H19ClN2O3S/c1-13(14-4-3-5-16(12-14)21(23)24)20(2)18(22)10-11-25-17-8-6-15(19)7-9-17/h3-9,12-13H,10-11H2,1-2H3/t13-/m1/s1. The highest BCUT2D eigenvalue weighted by Gasteiger charge is 2.19. The molecule has 2 rings (SSSR count). The third-order valence-corrected chi connectivity index (χ3v) is 5.20. The van der Waals surface area contributed by atoms with Crippen molar-refractivity contribution in [3.8, 4) is 0 Å². The van der Waals surface area contributed by atoms with Crippen LogP contribution in [0.3, 0.4) is 0 Å². The van der Waals surface area contributed by atoms with E-state index in [0.717, 1.165) is 10.5 Å². The monoisotopic (exact) mass is 378 g/mol. The van der Waals surface area contributed by atoms with Gasteiger partial charge in [0.15, 0.2) is 0 Å². The number of benzene rings is 2. The van der Waals surface area contributed by atoms with E-state index in [0.29, 0.717) is 17.2 Å². The number of amides is 1. The third-order valence-electron chi connectivity index (χ3n) is 3.94. The summed E-state index contributed by atoms with van der Waals surface area (Å²) in [6.45, 7) is 1.86. The predicted octanol–water partition coefficient (Wildman–Crippen LogP) is 4.95. The van der Waals surface area contributed by atoms with E-state index in [-0.39, 0.29) is 17.6 Å². The number of nitrogens with zero attached hydrogens (tertiary/aromatic N) is 2. The van der Waals surface area contributed by atoms with E-state index < -0.39 is 4.92 Å². The zero-order valence-electron chi connectivity index (χ0n) is 14.0. The molecule has 0 unspecified atom stereocenters. The SMILES string of the molecule is C[C@H](c1cccc([N+](=O)[O-])c1)N(C)C(=O)CCSc1ccc(Cl)cc1. The molecule has 0 fully saturated rings. The molecule has 0 bridgehead atoms. The highest BCUT2D eigenvalue weighted by molar-refractivity contribution is 7.99. The molecule has 1 amide bonds. The van der Waals surface area contributed by atoms with Crippen LogP contribution in [0.25, 0.3) is 0 Å². The molecule has 0 N–H and O–H groups in total. The van der Waals surface area contributed by atoms with Crippen molar-refractivity contribution in [2.75, 3.05) is 12.8 Å². The van der Waals surface area contributed by atoms with Crippen LogP contribution >= 0.6 is 23.4 Å². The molecule has 25 heavy (non-hydrogen) atoms. The number of carbonyl (C=O) groups excluding carboxylic acids is 1. The van der Waals surface area contributed by atoms with Gasteiger partial charge in [0, 0.05) is 41.3 Å². The lowest BCUT2D eigenvalue weighted by Crippen LogP contribution is -2.29. The summed E-state index contributed by atoms with van der Waals surface area (Å²) in [4.78, 5) is 25.5. The second-order valence-electron chi connectivity index (χ2n) is 5.59. The van der Waals surface area contributed by atoms with Crippen molar-refractivity contribution >= 4 is 35.0 Å². The van der Waals surface area contributed by atoms with E-state index in [1.54, 1.807) is 35.8 Å². The molecule has 0 aliphatic carbocycles. The first kappa shape index (κ1) is 19.3. The van der Waals surface area contributed by atoms with Gasteiger partial charge in [-0.25, -0.2) is 0 Å². The van der Waals surface area contributed by atoms with Crippen molar-refractivity contribution < 1.29 is 9.72 Å². The maximum Gasteiger partial charge on any atom is 0.269 e. The first-order chi connectivity index (χ1) is 11.9. The van der Waals surface area contributed by atoms with Crippen LogP contribution < -0.4 is 0 Å². The number of rotatable bonds is 7. The van der Waals surface area contributed by atoms with Crippen LogP contribution in [0.4, 0.5) is 5.69 Å². The van der Waals surface area contributed by atoms with E-state index >= 15 is 0 Å². The fourth-order valence-electron chi connectivity index (χ4n) is 2.30. The van der Waals surface area contributed by atoms with Gasteiger partial charge in [0.2, 0.25) is 5.91 Å². The number of nitro groups is 1. The molecular weight excluding hydrogens is 360 g/mol. The van der Waals surface area contributed by atoms with Crippen molar-refractivity contribution in [3.63, 3.8) is 0 Å². The fraction of sp³-hybridized carbons (Fsp3) is 0.278. The van der Waals surface area contributed by atoms with Gasteiger partial charge in [-0.1, -0.05) is 23.7 Å². The largest absolute Gasteiger partial charge is 0.339 e. The maximum absolute atomic E-state index is 12.4. The smallest absolute Gasteiger partial charge is 0.269 e. The summed E-state index contributed by atoms with van der Waals surface area (Å²) in [6.07, 6.45) is 0.392. The Balaban J connectivity index is 1.91. The molecule has 0 aromatic heterocycles. The molecule has 0 aliphatic rings. The molecule has 132 valence electrons. The Morgan fingerprint density at radius 3 is 2.60 bits per heavy atom. The Labute approximate surface area is 156 Å². The minimum atomic E-state index is -0.430. The molecule has 1 atom stereocenters. The van der Waals surface area contributed by atoms with Crippen LogP contribution in [0, 0.1) is 10.1 Å². The molecule has 0 saturated carbocycles. The molecule has 0 aliphatic heterocycles. The summed E-state index contributed by atoms with van der Waals surface area (Å²) in [5.41, 5.74) is 0.777. The van der Waals surface area contributed by atoms with Crippen molar-refractivity contribution in [3.05, 3.63) is 69.2 Å². The van der Waals surface area contributed by atoms with E-state index in [2.05, 4.69) is 0 Å². The minimum absolute atomic E-state index is 0.000435. The lowest BCUT2D eigenvalue weighted by molar-refractivity contribution is -0.384.